The van der Waals surface area contributed by atoms with Gasteiger partial charge in [0.05, 0.1) is 39.7 Å². The van der Waals surface area contributed by atoms with Crippen LogP contribution in [0.15, 0.2) is 63.6 Å². The maximum absolute atomic E-state index is 14.1. The van der Waals surface area contributed by atoms with E-state index in [2.05, 4.69) is 62.3 Å². The minimum Gasteiger partial charge on any atom is -0.476 e. The van der Waals surface area contributed by atoms with Gasteiger partial charge in [-0.2, -0.15) is 5.26 Å². The summed E-state index contributed by atoms with van der Waals surface area (Å²) in [5, 5.41) is 26.7. The Bertz CT molecular complexity index is 2710. The summed E-state index contributed by atoms with van der Waals surface area (Å²) < 4.78 is 11.8. The molecule has 2 amide bonds. The standard InChI is InChI=1S/C51H63N11O4S3/c1-31(2)44(49(64)62-22-9-11-39(62)48(63)56-28-34-13-15-35(16-14-34)46-33(4)57-30-68-46)40-26-43(59-66-40)65-24-7-6-20-60-21-10-23-61(32(3)29-60)50-55-19-17-38(58-50)37(53)25-42(67)51(5)18-8-12-41-45(51)36(27-52)47(54)69-41/h13-17,19,25-26,30-32,39,44,53,67H,6-12,18,20-24,28-29,54H2,1-5H3,(H,56,63)/b42-25-,53-37?/t32-,39-,44?,51+/m0/s1. The van der Waals surface area contributed by atoms with Gasteiger partial charge in [-0.3, -0.25) is 15.0 Å². The fraction of sp³-hybridized carbons (Fsp3) is 0.490. The quantitative estimate of drug-likeness (QED) is 0.0393. The smallest absolute Gasteiger partial charge is 0.254 e. The minimum atomic E-state index is -0.598. The Hall–Kier alpha value is -5.61. The minimum absolute atomic E-state index is 0.0884. The molecule has 8 rings (SSSR count). The van der Waals surface area contributed by atoms with E-state index in [0.29, 0.717) is 60.0 Å². The first kappa shape index (κ1) is 49.8. The monoisotopic (exact) mass is 989 g/mol. The van der Waals surface area contributed by atoms with Crippen LogP contribution in [0.2, 0.25) is 0 Å². The first-order valence-corrected chi connectivity index (χ1v) is 26.2. The van der Waals surface area contributed by atoms with Crippen molar-refractivity contribution in [2.75, 3.05) is 50.0 Å². The molecular formula is C51H63N11O4S3. The van der Waals surface area contributed by atoms with Crippen LogP contribution in [0.3, 0.4) is 0 Å². The van der Waals surface area contributed by atoms with Gasteiger partial charge in [-0.1, -0.05) is 45.0 Å². The second-order valence-electron chi connectivity index (χ2n) is 19.0. The molecule has 69 heavy (non-hydrogen) atoms. The predicted molar refractivity (Wildman–Crippen MR) is 275 cm³/mol. The van der Waals surface area contributed by atoms with Crippen LogP contribution < -0.4 is 20.7 Å². The zero-order chi connectivity index (χ0) is 48.8. The number of fused-ring (bicyclic) bond motifs is 1. The van der Waals surface area contributed by atoms with Gasteiger partial charge in [0.2, 0.25) is 17.8 Å². The number of nitrogens with zero attached hydrogens (tertiary/aromatic N) is 8. The Kier molecular flexibility index (Phi) is 15.9. The van der Waals surface area contributed by atoms with E-state index >= 15 is 0 Å². The summed E-state index contributed by atoms with van der Waals surface area (Å²) in [5.74, 6) is 0.421. The lowest BCUT2D eigenvalue weighted by molar-refractivity contribution is -0.140. The summed E-state index contributed by atoms with van der Waals surface area (Å²) in [7, 11) is 0. The third kappa shape index (κ3) is 11.1. The van der Waals surface area contributed by atoms with Crippen molar-refractivity contribution >= 4 is 63.8 Å². The van der Waals surface area contributed by atoms with Crippen molar-refractivity contribution in [3.63, 3.8) is 0 Å². The first-order chi connectivity index (χ1) is 33.2. The number of unbranched alkanes of at least 4 members (excludes halogenated alkanes) is 1. The number of nitriles is 1. The number of nitrogen functional groups attached to an aromatic ring is 1. The SMILES string of the molecule is Cc1ncsc1-c1ccc(CNC(=O)[C@@H]2CCCN2C(=O)C(c2cc(OCCCCN3CCCN(c4nccc(C(=N)/C=C(\S)[C@@]5(C)CCCc6sc(N)c(C#N)c65)n4)[C@@H](C)C3)no2)C(C)C)cc1. The molecular weight excluding hydrogens is 927 g/mol. The van der Waals surface area contributed by atoms with E-state index in [1.165, 1.54) is 11.3 Å². The number of hydrogen-bond donors (Lipinski definition) is 4. The number of thiazole rings is 1. The first-order valence-electron chi connectivity index (χ1n) is 24.1. The number of nitrogens with one attached hydrogen (secondary N) is 2. The van der Waals surface area contributed by atoms with Crippen molar-refractivity contribution in [3.05, 3.63) is 97.8 Å². The molecule has 4 aromatic heterocycles. The van der Waals surface area contributed by atoms with E-state index in [1.807, 2.05) is 38.4 Å². The Morgan fingerprint density at radius 2 is 1.96 bits per heavy atom. The van der Waals surface area contributed by atoms with Crippen LogP contribution in [0.5, 0.6) is 5.88 Å². The third-order valence-electron chi connectivity index (χ3n) is 13.8. The Morgan fingerprint density at radius 1 is 1.14 bits per heavy atom. The van der Waals surface area contributed by atoms with E-state index in [4.69, 9.17) is 38.0 Å². The summed E-state index contributed by atoms with van der Waals surface area (Å²) in [6, 6.07) is 13.5. The second kappa shape index (κ2) is 22.0. The van der Waals surface area contributed by atoms with Crippen molar-refractivity contribution in [1.82, 2.24) is 35.2 Å². The molecule has 0 radical (unpaired) electrons. The average molecular weight is 990 g/mol. The molecule has 2 aliphatic heterocycles. The molecule has 5 aromatic rings. The molecule has 364 valence electrons. The number of anilines is 2. The number of aromatic nitrogens is 4. The highest BCUT2D eigenvalue weighted by molar-refractivity contribution is 7.84. The van der Waals surface area contributed by atoms with E-state index in [-0.39, 0.29) is 29.5 Å². The number of benzene rings is 1. The highest BCUT2D eigenvalue weighted by atomic mass is 32.1. The molecule has 1 aromatic carbocycles. The van der Waals surface area contributed by atoms with Gasteiger partial charge in [-0.15, -0.1) is 35.3 Å². The molecule has 1 unspecified atom stereocenters. The fourth-order valence-corrected chi connectivity index (χ4v) is 12.4. The summed E-state index contributed by atoms with van der Waals surface area (Å²) >= 11 is 8.03. The number of nitrogens with two attached hydrogens (primary N) is 1. The van der Waals surface area contributed by atoms with Crippen LogP contribution in [0, 0.1) is 29.6 Å². The average Bonchev–Trinajstić information content (AvgIpc) is 4.15. The van der Waals surface area contributed by atoms with Gasteiger partial charge in [0.15, 0.2) is 5.76 Å². The Labute approximate surface area is 418 Å². The van der Waals surface area contributed by atoms with Gasteiger partial charge >= 0.3 is 0 Å². The number of thiophene rings is 1. The Morgan fingerprint density at radius 3 is 2.71 bits per heavy atom. The summed E-state index contributed by atoms with van der Waals surface area (Å²) in [5.41, 5.74) is 12.9. The summed E-state index contributed by atoms with van der Waals surface area (Å²) in [4.78, 5) is 50.9. The van der Waals surface area contributed by atoms with E-state index < -0.39 is 17.4 Å². The molecule has 2 saturated heterocycles. The summed E-state index contributed by atoms with van der Waals surface area (Å²) in [6.45, 7) is 15.1. The van der Waals surface area contributed by atoms with Crippen molar-refractivity contribution in [1.29, 1.82) is 10.7 Å². The predicted octanol–water partition coefficient (Wildman–Crippen LogP) is 8.69. The van der Waals surface area contributed by atoms with Crippen LogP contribution in [-0.4, -0.2) is 98.8 Å². The van der Waals surface area contributed by atoms with Gasteiger partial charge in [-0.25, -0.2) is 15.0 Å². The molecule has 6 heterocycles. The zero-order valence-electron chi connectivity index (χ0n) is 40.2. The molecule has 15 nitrogen and oxygen atoms in total. The van der Waals surface area contributed by atoms with Crippen molar-refractivity contribution in [3.8, 4) is 22.4 Å². The van der Waals surface area contributed by atoms with Crippen LogP contribution >= 0.6 is 35.3 Å². The molecule has 4 N–H and O–H groups in total. The number of amides is 2. The van der Waals surface area contributed by atoms with Crippen LogP contribution in [0.25, 0.3) is 10.4 Å². The Balaban J connectivity index is 0.793. The highest BCUT2D eigenvalue weighted by Gasteiger charge is 2.41. The maximum Gasteiger partial charge on any atom is 0.254 e. The molecule has 4 atom stereocenters. The molecule has 0 bridgehead atoms. The number of thiol groups is 1. The number of ether oxygens (including phenoxy) is 1. The van der Waals surface area contributed by atoms with Crippen LogP contribution in [0.4, 0.5) is 10.9 Å². The van der Waals surface area contributed by atoms with Gasteiger partial charge in [0.1, 0.15) is 23.0 Å². The van der Waals surface area contributed by atoms with E-state index in [9.17, 15) is 14.9 Å². The van der Waals surface area contributed by atoms with Crippen molar-refractivity contribution in [2.45, 2.75) is 116 Å². The molecule has 1 aliphatic carbocycles. The van der Waals surface area contributed by atoms with Gasteiger partial charge in [-0.05, 0) is 123 Å². The highest BCUT2D eigenvalue weighted by Crippen LogP contribution is 2.50. The number of rotatable bonds is 17. The topological polar surface area (TPSA) is 203 Å². The lowest BCUT2D eigenvalue weighted by Gasteiger charge is -2.35. The van der Waals surface area contributed by atoms with Crippen molar-refractivity contribution < 1.29 is 18.8 Å². The van der Waals surface area contributed by atoms with E-state index in [0.717, 1.165) is 108 Å². The normalized spacial score (nSPS) is 20.3. The largest absolute Gasteiger partial charge is 0.476 e. The maximum atomic E-state index is 14.1. The molecule has 3 aliphatic rings. The van der Waals surface area contributed by atoms with Gasteiger partial charge < -0.3 is 35.0 Å². The summed E-state index contributed by atoms with van der Waals surface area (Å²) in [6.07, 6.45) is 10.2. The number of aryl methyl sites for hydroxylation is 2. The van der Waals surface area contributed by atoms with Crippen LogP contribution in [0.1, 0.15) is 117 Å². The van der Waals surface area contributed by atoms with Gasteiger partial charge in [0, 0.05) is 54.8 Å². The zero-order valence-corrected chi connectivity index (χ0v) is 42.7. The lowest BCUT2D eigenvalue weighted by atomic mass is 9.72. The lowest BCUT2D eigenvalue weighted by Crippen LogP contribution is -2.47. The number of hydrogen-bond acceptors (Lipinski definition) is 16. The molecule has 0 spiro atoms. The third-order valence-corrected chi connectivity index (χ3v) is 16.5. The molecule has 18 heteroatoms. The number of likely N-dealkylation sites (tertiary alicyclic amines) is 1. The molecule has 2 fully saturated rings. The number of carbonyl (C=O) groups is 2. The number of allylic oxidation sites excluding steroid dienone is 2. The molecule has 0 saturated carbocycles. The van der Waals surface area contributed by atoms with E-state index in [1.54, 1.807) is 40.6 Å². The van der Waals surface area contributed by atoms with Crippen LogP contribution in [-0.2, 0) is 28.0 Å². The number of carbonyl (C=O) groups excluding carboxylic acids is 2. The fourth-order valence-electron chi connectivity index (χ4n) is 10.1. The van der Waals surface area contributed by atoms with Crippen molar-refractivity contribution in [2.24, 2.45) is 5.92 Å². The van der Waals surface area contributed by atoms with Gasteiger partial charge in [0.25, 0.3) is 5.88 Å². The second-order valence-corrected chi connectivity index (χ2v) is 21.5.